The Labute approximate surface area is 176 Å². The summed E-state index contributed by atoms with van der Waals surface area (Å²) in [6.45, 7) is 2.64. The van der Waals surface area contributed by atoms with Crippen molar-refractivity contribution in [2.24, 2.45) is 5.92 Å². The summed E-state index contributed by atoms with van der Waals surface area (Å²) < 4.78 is 0. The minimum Gasteiger partial charge on any atom is -0.390 e. The van der Waals surface area contributed by atoms with E-state index in [2.05, 4.69) is 5.32 Å². The highest BCUT2D eigenvalue weighted by Gasteiger charge is 2.48. The number of benzene rings is 1. The van der Waals surface area contributed by atoms with Gasteiger partial charge in [0.05, 0.1) is 5.60 Å². The fraction of sp³-hybridized carbons (Fsp3) is 0.636. The topological polar surface area (TPSA) is 89.9 Å². The molecule has 4 rings (SSSR count). The Hall–Kier alpha value is -1.63. The van der Waals surface area contributed by atoms with Crippen LogP contribution >= 0.6 is 11.6 Å². The Morgan fingerprint density at radius 3 is 2.52 bits per heavy atom. The largest absolute Gasteiger partial charge is 0.390 e. The van der Waals surface area contributed by atoms with Gasteiger partial charge < -0.3 is 20.4 Å². The molecular weight excluding hydrogens is 392 g/mol. The highest BCUT2D eigenvalue weighted by molar-refractivity contribution is 6.31. The molecule has 158 valence electrons. The van der Waals surface area contributed by atoms with E-state index in [0.717, 1.165) is 44.2 Å². The van der Waals surface area contributed by atoms with Crippen molar-refractivity contribution in [3.63, 3.8) is 0 Å². The summed E-state index contributed by atoms with van der Waals surface area (Å²) in [6.07, 6.45) is 5.55. The fourth-order valence-electron chi connectivity index (χ4n) is 4.50. The molecule has 0 radical (unpaired) electrons. The van der Waals surface area contributed by atoms with Gasteiger partial charge in [-0.25, -0.2) is 0 Å². The zero-order chi connectivity index (χ0) is 20.8. The lowest BCUT2D eigenvalue weighted by Crippen LogP contribution is -2.43. The molecule has 2 aliphatic carbocycles. The molecule has 1 aliphatic heterocycles. The second-order valence-electron chi connectivity index (χ2n) is 9.24. The molecule has 3 aliphatic rings. The molecule has 0 bridgehead atoms. The molecule has 0 aromatic heterocycles. The van der Waals surface area contributed by atoms with Crippen LogP contribution in [0.2, 0.25) is 5.02 Å². The molecule has 2 saturated carbocycles. The lowest BCUT2D eigenvalue weighted by Gasteiger charge is -2.37. The second-order valence-corrected chi connectivity index (χ2v) is 9.65. The number of carbonyl (C=O) groups excluding carboxylic acids is 2. The molecular formula is C22H29ClN2O4. The molecule has 1 unspecified atom stereocenters. The Bertz CT molecular complexity index is 811. The zero-order valence-corrected chi connectivity index (χ0v) is 17.5. The Morgan fingerprint density at radius 1 is 1.21 bits per heavy atom. The van der Waals surface area contributed by atoms with Crippen molar-refractivity contribution in [1.82, 2.24) is 4.90 Å². The van der Waals surface area contributed by atoms with E-state index in [-0.39, 0.29) is 17.9 Å². The monoisotopic (exact) mass is 420 g/mol. The number of nitrogens with zero attached hydrogens (tertiary/aromatic N) is 1. The third-order valence-electron chi connectivity index (χ3n) is 6.75. The number of amides is 2. The highest BCUT2D eigenvalue weighted by Crippen LogP contribution is 2.37. The highest BCUT2D eigenvalue weighted by atomic mass is 35.5. The number of anilines is 1. The number of aliphatic hydroxyl groups is 2. The zero-order valence-electron chi connectivity index (χ0n) is 16.8. The minimum atomic E-state index is -1.22. The average Bonchev–Trinajstić information content (AvgIpc) is 3.32. The molecule has 3 fully saturated rings. The number of halogens is 1. The Kier molecular flexibility index (Phi) is 5.38. The first-order valence-corrected chi connectivity index (χ1v) is 10.9. The predicted molar refractivity (Wildman–Crippen MR) is 111 cm³/mol. The van der Waals surface area contributed by atoms with Crippen LogP contribution in [0.4, 0.5) is 5.69 Å². The summed E-state index contributed by atoms with van der Waals surface area (Å²) in [5.74, 6) is -0.294. The predicted octanol–water partition coefficient (Wildman–Crippen LogP) is 2.89. The maximum absolute atomic E-state index is 12.9. The molecule has 3 N–H and O–H groups in total. The van der Waals surface area contributed by atoms with Crippen molar-refractivity contribution in [2.45, 2.75) is 75.5 Å². The first-order chi connectivity index (χ1) is 13.7. The molecule has 2 amide bonds. The van der Waals surface area contributed by atoms with Gasteiger partial charge in [0.15, 0.2) is 0 Å². The number of hydrogen-bond acceptors (Lipinski definition) is 4. The normalized spacial score (nSPS) is 31.0. The molecule has 7 heteroatoms. The summed E-state index contributed by atoms with van der Waals surface area (Å²) in [4.78, 5) is 26.9. The Morgan fingerprint density at radius 2 is 1.90 bits per heavy atom. The minimum absolute atomic E-state index is 0.0810. The van der Waals surface area contributed by atoms with Crippen molar-refractivity contribution in [3.8, 4) is 0 Å². The van der Waals surface area contributed by atoms with E-state index in [4.69, 9.17) is 11.6 Å². The molecule has 29 heavy (non-hydrogen) atoms. The van der Waals surface area contributed by atoms with E-state index >= 15 is 0 Å². The number of nitrogens with one attached hydrogen (secondary N) is 1. The van der Waals surface area contributed by atoms with Crippen LogP contribution in [-0.2, 0) is 16.0 Å². The molecule has 1 aromatic rings. The van der Waals surface area contributed by atoms with E-state index in [1.807, 2.05) is 17.9 Å². The van der Waals surface area contributed by atoms with Gasteiger partial charge in [0.25, 0.3) is 5.91 Å². The molecule has 0 spiro atoms. The van der Waals surface area contributed by atoms with E-state index in [0.29, 0.717) is 30.0 Å². The van der Waals surface area contributed by atoms with Gasteiger partial charge in [0, 0.05) is 29.2 Å². The van der Waals surface area contributed by atoms with Gasteiger partial charge in [0.1, 0.15) is 5.60 Å². The molecule has 6 nitrogen and oxygen atoms in total. The summed E-state index contributed by atoms with van der Waals surface area (Å²) in [6, 6.07) is 5.53. The summed E-state index contributed by atoms with van der Waals surface area (Å²) >= 11 is 6.42. The van der Waals surface area contributed by atoms with Gasteiger partial charge in [-0.3, -0.25) is 9.59 Å². The van der Waals surface area contributed by atoms with E-state index in [1.165, 1.54) is 0 Å². The van der Waals surface area contributed by atoms with Crippen LogP contribution in [0.5, 0.6) is 0 Å². The van der Waals surface area contributed by atoms with Crippen LogP contribution < -0.4 is 5.32 Å². The van der Waals surface area contributed by atoms with Gasteiger partial charge in [-0.05, 0) is 76.0 Å². The van der Waals surface area contributed by atoms with Gasteiger partial charge >= 0.3 is 0 Å². The van der Waals surface area contributed by atoms with Gasteiger partial charge in [-0.1, -0.05) is 17.7 Å². The molecule has 1 saturated heterocycles. The average molecular weight is 421 g/mol. The van der Waals surface area contributed by atoms with Gasteiger partial charge in [0.2, 0.25) is 5.91 Å². The van der Waals surface area contributed by atoms with Crippen LogP contribution in [0.15, 0.2) is 18.2 Å². The van der Waals surface area contributed by atoms with Crippen LogP contribution in [0.3, 0.4) is 0 Å². The van der Waals surface area contributed by atoms with Crippen LogP contribution in [0.1, 0.15) is 57.4 Å². The van der Waals surface area contributed by atoms with E-state index in [1.54, 1.807) is 12.1 Å². The SMILES string of the molecule is CC1(O)CCC(N2CCC(Cc3ccc(NC(=O)C4(O)CC4)cc3Cl)C2=O)CC1. The molecule has 1 aromatic carbocycles. The van der Waals surface area contributed by atoms with E-state index < -0.39 is 17.1 Å². The number of rotatable bonds is 5. The lowest BCUT2D eigenvalue weighted by molar-refractivity contribution is -0.134. The quantitative estimate of drug-likeness (QED) is 0.683. The summed E-state index contributed by atoms with van der Waals surface area (Å²) in [5.41, 5.74) is -0.380. The van der Waals surface area contributed by atoms with Crippen LogP contribution in [0.25, 0.3) is 0 Å². The smallest absolute Gasteiger partial charge is 0.256 e. The first-order valence-electron chi connectivity index (χ1n) is 10.5. The maximum atomic E-state index is 12.9. The van der Waals surface area contributed by atoms with Crippen molar-refractivity contribution in [1.29, 1.82) is 0 Å². The van der Waals surface area contributed by atoms with Crippen molar-refractivity contribution in [3.05, 3.63) is 28.8 Å². The third-order valence-corrected chi connectivity index (χ3v) is 7.10. The van der Waals surface area contributed by atoms with Crippen molar-refractivity contribution < 1.29 is 19.8 Å². The van der Waals surface area contributed by atoms with Gasteiger partial charge in [-0.2, -0.15) is 0 Å². The van der Waals surface area contributed by atoms with Crippen LogP contribution in [0, 0.1) is 5.92 Å². The third kappa shape index (κ3) is 4.44. The Balaban J connectivity index is 1.35. The number of carbonyl (C=O) groups is 2. The number of likely N-dealkylation sites (tertiary alicyclic amines) is 1. The van der Waals surface area contributed by atoms with E-state index in [9.17, 15) is 19.8 Å². The van der Waals surface area contributed by atoms with Crippen molar-refractivity contribution >= 4 is 29.1 Å². The molecule has 1 heterocycles. The standard InChI is InChI=1S/C22H29ClN2O4/c1-21(28)7-4-17(5-8-21)25-11-6-15(19(25)26)12-14-2-3-16(13-18(14)23)24-20(27)22(29)9-10-22/h2-3,13,15,17,28-29H,4-12H2,1H3,(H,24,27). The number of hydrogen-bond donors (Lipinski definition) is 3. The van der Waals surface area contributed by atoms with Crippen molar-refractivity contribution in [2.75, 3.05) is 11.9 Å². The fourth-order valence-corrected chi connectivity index (χ4v) is 4.76. The lowest BCUT2D eigenvalue weighted by atomic mass is 9.83. The first kappa shape index (κ1) is 20.6. The second kappa shape index (κ2) is 7.56. The molecule has 1 atom stereocenters. The maximum Gasteiger partial charge on any atom is 0.256 e. The van der Waals surface area contributed by atoms with Gasteiger partial charge in [-0.15, -0.1) is 0 Å². The summed E-state index contributed by atoms with van der Waals surface area (Å²) in [5, 5.41) is 23.2. The van der Waals surface area contributed by atoms with Crippen LogP contribution in [-0.4, -0.2) is 50.7 Å². The summed E-state index contributed by atoms with van der Waals surface area (Å²) in [7, 11) is 0.